The molecule has 0 aliphatic carbocycles. The molecule has 34 heavy (non-hydrogen) atoms. The summed E-state index contributed by atoms with van der Waals surface area (Å²) in [5.74, 6) is -0.793. The van der Waals surface area contributed by atoms with Crippen LogP contribution in [0.25, 0.3) is 16.9 Å². The molecule has 4 aromatic rings. The van der Waals surface area contributed by atoms with Crippen LogP contribution in [-0.4, -0.2) is 23.0 Å². The van der Waals surface area contributed by atoms with E-state index in [0.29, 0.717) is 5.69 Å². The highest BCUT2D eigenvalue weighted by Crippen LogP contribution is 2.62. The molecule has 4 rings (SSSR count). The van der Waals surface area contributed by atoms with E-state index >= 15 is 0 Å². The molecule has 0 amide bonds. The number of hydrogen-bond acceptors (Lipinski definition) is 5. The first-order valence-electron chi connectivity index (χ1n) is 11.2. The predicted molar refractivity (Wildman–Crippen MR) is 140 cm³/mol. The fourth-order valence-electron chi connectivity index (χ4n) is 3.72. The lowest BCUT2D eigenvalue weighted by Crippen LogP contribution is -2.16. The molecule has 176 valence electrons. The highest BCUT2D eigenvalue weighted by Gasteiger charge is 2.40. The Kier molecular flexibility index (Phi) is 8.01. The Hall–Kier alpha value is -2.70. The summed E-state index contributed by atoms with van der Waals surface area (Å²) in [7, 11) is -3.65. The third-order valence-electron chi connectivity index (χ3n) is 5.21. The SMILES string of the molecule is CCOP(=O)(OCC)[C@@H](Nc1ccccc1Br)c1cn(-c2ccccc2)nc1-c1ccccc1. The van der Waals surface area contributed by atoms with Crippen molar-refractivity contribution in [3.8, 4) is 16.9 Å². The highest BCUT2D eigenvalue weighted by molar-refractivity contribution is 9.10. The van der Waals surface area contributed by atoms with Crippen LogP contribution in [0.15, 0.2) is 95.6 Å². The van der Waals surface area contributed by atoms with Gasteiger partial charge in [-0.05, 0) is 54.0 Å². The number of aromatic nitrogens is 2. The van der Waals surface area contributed by atoms with Crippen LogP contribution < -0.4 is 5.32 Å². The molecule has 0 saturated carbocycles. The number of nitrogens with zero attached hydrogens (tertiary/aromatic N) is 2. The first kappa shape index (κ1) is 24.4. The fraction of sp³-hybridized carbons (Fsp3) is 0.192. The van der Waals surface area contributed by atoms with Crippen LogP contribution >= 0.6 is 23.5 Å². The molecule has 0 bridgehead atoms. The Balaban J connectivity index is 1.93. The van der Waals surface area contributed by atoms with Gasteiger partial charge in [-0.15, -0.1) is 0 Å². The average Bonchev–Trinajstić information content (AvgIpc) is 3.30. The molecule has 1 heterocycles. The smallest absolute Gasteiger partial charge is 0.357 e. The number of nitrogens with one attached hydrogen (secondary N) is 1. The maximum absolute atomic E-state index is 14.2. The number of para-hydroxylation sites is 2. The largest absolute Gasteiger partial charge is 0.367 e. The summed E-state index contributed by atoms with van der Waals surface area (Å²) in [5, 5.41) is 8.34. The van der Waals surface area contributed by atoms with Crippen molar-refractivity contribution >= 4 is 29.2 Å². The molecule has 0 radical (unpaired) electrons. The van der Waals surface area contributed by atoms with E-state index < -0.39 is 13.4 Å². The molecule has 1 atom stereocenters. The molecule has 8 heteroatoms. The van der Waals surface area contributed by atoms with E-state index in [1.807, 2.05) is 105 Å². The summed E-state index contributed by atoms with van der Waals surface area (Å²) >= 11 is 3.59. The van der Waals surface area contributed by atoms with Crippen LogP contribution in [-0.2, 0) is 13.6 Å². The van der Waals surface area contributed by atoms with E-state index in [1.54, 1.807) is 4.68 Å². The standard InChI is InChI=1S/C26H27BrN3O3P/c1-3-32-34(31,33-4-2)26(28-24-18-12-11-17-23(24)27)22-19-30(21-15-9-6-10-16-21)29-25(22)20-13-7-5-8-14-20/h5-19,26,28H,3-4H2,1-2H3/t26-/m1/s1. The zero-order valence-electron chi connectivity index (χ0n) is 19.1. The van der Waals surface area contributed by atoms with Gasteiger partial charge in [-0.3, -0.25) is 4.57 Å². The number of halogens is 1. The molecule has 3 aromatic carbocycles. The fourth-order valence-corrected chi connectivity index (χ4v) is 6.04. The van der Waals surface area contributed by atoms with E-state index in [9.17, 15) is 4.57 Å². The second-order valence-electron chi connectivity index (χ2n) is 7.48. The normalized spacial score (nSPS) is 12.4. The van der Waals surface area contributed by atoms with Crippen LogP contribution in [0.4, 0.5) is 5.69 Å². The van der Waals surface area contributed by atoms with Gasteiger partial charge < -0.3 is 14.4 Å². The molecule has 0 spiro atoms. The van der Waals surface area contributed by atoms with Gasteiger partial charge in [0.1, 0.15) is 0 Å². The molecule has 6 nitrogen and oxygen atoms in total. The van der Waals surface area contributed by atoms with E-state index in [4.69, 9.17) is 14.1 Å². The van der Waals surface area contributed by atoms with Gasteiger partial charge in [0.25, 0.3) is 0 Å². The van der Waals surface area contributed by atoms with Gasteiger partial charge in [0.05, 0.1) is 24.6 Å². The van der Waals surface area contributed by atoms with Crippen molar-refractivity contribution in [1.82, 2.24) is 9.78 Å². The van der Waals surface area contributed by atoms with Gasteiger partial charge in [0.15, 0.2) is 5.78 Å². The molecular formula is C26H27BrN3O3P. The van der Waals surface area contributed by atoms with Crippen molar-refractivity contribution in [3.63, 3.8) is 0 Å². The zero-order chi connectivity index (χ0) is 24.0. The second-order valence-corrected chi connectivity index (χ2v) is 10.4. The molecule has 0 saturated heterocycles. The molecule has 1 aromatic heterocycles. The average molecular weight is 540 g/mol. The van der Waals surface area contributed by atoms with Crippen molar-refractivity contribution < 1.29 is 13.6 Å². The molecular weight excluding hydrogens is 513 g/mol. The lowest BCUT2D eigenvalue weighted by atomic mass is 10.1. The molecule has 0 aliphatic heterocycles. The minimum absolute atomic E-state index is 0.249. The Morgan fingerprint density at radius 2 is 1.50 bits per heavy atom. The van der Waals surface area contributed by atoms with Crippen molar-refractivity contribution in [1.29, 1.82) is 0 Å². The minimum Gasteiger partial charge on any atom is -0.367 e. The van der Waals surface area contributed by atoms with E-state index in [0.717, 1.165) is 27.0 Å². The van der Waals surface area contributed by atoms with Crippen LogP contribution in [0.3, 0.4) is 0 Å². The first-order chi connectivity index (χ1) is 16.6. The van der Waals surface area contributed by atoms with Gasteiger partial charge in [-0.1, -0.05) is 60.7 Å². The maximum Gasteiger partial charge on any atom is 0.357 e. The Morgan fingerprint density at radius 1 is 0.912 bits per heavy atom. The van der Waals surface area contributed by atoms with E-state index in [2.05, 4.69) is 21.2 Å². The Bertz CT molecular complexity index is 1250. The first-order valence-corrected chi connectivity index (χ1v) is 13.6. The lowest BCUT2D eigenvalue weighted by Gasteiger charge is -2.28. The van der Waals surface area contributed by atoms with Crippen LogP contribution in [0.5, 0.6) is 0 Å². The lowest BCUT2D eigenvalue weighted by molar-refractivity contribution is 0.214. The summed E-state index contributed by atoms with van der Waals surface area (Å²) < 4.78 is 28.5. The third-order valence-corrected chi connectivity index (χ3v) is 8.17. The summed E-state index contributed by atoms with van der Waals surface area (Å²) in [6.07, 6.45) is 1.90. The minimum atomic E-state index is -3.65. The van der Waals surface area contributed by atoms with Gasteiger partial charge >= 0.3 is 7.60 Å². The van der Waals surface area contributed by atoms with Crippen molar-refractivity contribution in [2.24, 2.45) is 0 Å². The predicted octanol–water partition coefficient (Wildman–Crippen LogP) is 7.68. The molecule has 0 aliphatic rings. The number of hydrogen-bond donors (Lipinski definition) is 1. The number of anilines is 1. The summed E-state index contributed by atoms with van der Waals surface area (Å²) in [6, 6.07) is 27.4. The Labute approximate surface area is 208 Å². The molecule has 0 unspecified atom stereocenters. The monoisotopic (exact) mass is 539 g/mol. The zero-order valence-corrected chi connectivity index (χ0v) is 21.6. The van der Waals surface area contributed by atoms with Crippen molar-refractivity contribution in [3.05, 3.63) is 101 Å². The van der Waals surface area contributed by atoms with Crippen LogP contribution in [0.1, 0.15) is 25.2 Å². The van der Waals surface area contributed by atoms with Gasteiger partial charge in [0, 0.05) is 27.5 Å². The maximum atomic E-state index is 14.2. The van der Waals surface area contributed by atoms with Gasteiger partial charge in [-0.2, -0.15) is 5.10 Å². The van der Waals surface area contributed by atoms with Crippen LogP contribution in [0, 0.1) is 0 Å². The molecule has 0 fully saturated rings. The quantitative estimate of drug-likeness (QED) is 0.209. The summed E-state index contributed by atoms with van der Waals surface area (Å²) in [4.78, 5) is 0. The summed E-state index contributed by atoms with van der Waals surface area (Å²) in [5.41, 5.74) is 4.00. The van der Waals surface area contributed by atoms with Gasteiger partial charge in [-0.25, -0.2) is 4.68 Å². The molecule has 1 N–H and O–H groups in total. The van der Waals surface area contributed by atoms with Crippen molar-refractivity contribution in [2.45, 2.75) is 19.6 Å². The Morgan fingerprint density at radius 3 is 2.12 bits per heavy atom. The van der Waals surface area contributed by atoms with Crippen LogP contribution in [0.2, 0.25) is 0 Å². The summed E-state index contributed by atoms with van der Waals surface area (Å²) in [6.45, 7) is 4.12. The van der Waals surface area contributed by atoms with E-state index in [1.165, 1.54) is 0 Å². The van der Waals surface area contributed by atoms with E-state index in [-0.39, 0.29) is 13.2 Å². The topological polar surface area (TPSA) is 65.4 Å². The second kappa shape index (κ2) is 11.2. The van der Waals surface area contributed by atoms with Gasteiger partial charge in [0.2, 0.25) is 0 Å². The number of rotatable bonds is 10. The third kappa shape index (κ3) is 5.34. The van der Waals surface area contributed by atoms with Crippen molar-refractivity contribution in [2.75, 3.05) is 18.5 Å². The highest BCUT2D eigenvalue weighted by atomic mass is 79.9. The number of benzene rings is 3.